The molecule has 0 amide bonds. The molecule has 116 valence electrons. The molecule has 2 aromatic rings. The van der Waals surface area contributed by atoms with Crippen LogP contribution in [0.1, 0.15) is 10.4 Å². The average molecular weight is 349 g/mol. The van der Waals surface area contributed by atoms with Gasteiger partial charge in [-0.15, -0.1) is 11.3 Å². The van der Waals surface area contributed by atoms with E-state index in [0.717, 1.165) is 23.5 Å². The molecule has 0 aliphatic rings. The first-order chi connectivity index (χ1) is 10.1. The van der Waals surface area contributed by atoms with Crippen LogP contribution in [-0.2, 0) is 21.0 Å². The average Bonchev–Trinajstić information content (AvgIpc) is 3.00. The first-order valence-electron chi connectivity index (χ1n) is 5.69. The maximum atomic E-state index is 14.7. The van der Waals surface area contributed by atoms with Crippen molar-refractivity contribution in [3.05, 3.63) is 52.2 Å². The number of nitriles is 1. The molecule has 1 aromatic heterocycles. The van der Waals surface area contributed by atoms with Crippen LogP contribution >= 0.6 is 11.3 Å². The topological polar surface area (TPSA) is 57.9 Å². The first-order valence-corrected chi connectivity index (χ1v) is 8.05. The molecule has 0 N–H and O–H groups in total. The molecular formula is C13H7F4NO2S2. The van der Waals surface area contributed by atoms with Crippen molar-refractivity contribution in [1.29, 1.82) is 5.26 Å². The highest BCUT2D eigenvalue weighted by atomic mass is 32.2. The largest absolute Gasteiger partial charge is 0.416 e. The number of sulfone groups is 1. The molecule has 1 heterocycles. The summed E-state index contributed by atoms with van der Waals surface area (Å²) in [5, 5.41) is 7.01. The molecule has 9 heteroatoms. The second-order valence-corrected chi connectivity index (χ2v) is 7.20. The molecule has 2 rings (SSSR count). The number of nitrogens with zero attached hydrogens (tertiary/aromatic N) is 1. The quantitative estimate of drug-likeness (QED) is 0.790. The molecular weight excluding hydrogens is 342 g/mol. The number of halogens is 4. The Bertz CT molecular complexity index is 805. The van der Waals surface area contributed by atoms with Crippen LogP contribution in [0, 0.1) is 11.3 Å². The van der Waals surface area contributed by atoms with Gasteiger partial charge in [-0.1, -0.05) is 6.07 Å². The van der Waals surface area contributed by atoms with E-state index >= 15 is 0 Å². The fourth-order valence-electron chi connectivity index (χ4n) is 1.69. The van der Waals surface area contributed by atoms with Crippen LogP contribution in [-0.4, -0.2) is 8.42 Å². The Morgan fingerprint density at radius 1 is 1.05 bits per heavy atom. The van der Waals surface area contributed by atoms with Crippen LogP contribution in [0.15, 0.2) is 46.7 Å². The monoisotopic (exact) mass is 349 g/mol. The Kier molecular flexibility index (Phi) is 4.02. The van der Waals surface area contributed by atoms with Crippen molar-refractivity contribution in [2.45, 2.75) is 16.1 Å². The Labute approximate surface area is 127 Å². The molecule has 0 bridgehead atoms. The number of rotatable bonds is 3. The molecule has 0 aliphatic heterocycles. The lowest BCUT2D eigenvalue weighted by Gasteiger charge is -2.17. The molecule has 0 radical (unpaired) electrons. The van der Waals surface area contributed by atoms with Gasteiger partial charge in [0.05, 0.1) is 15.3 Å². The van der Waals surface area contributed by atoms with Gasteiger partial charge in [-0.25, -0.2) is 12.8 Å². The van der Waals surface area contributed by atoms with Crippen molar-refractivity contribution in [1.82, 2.24) is 0 Å². The SMILES string of the molecule is N#CC(F)(c1cccs1)S(=O)(=O)c1ccc(C(F)(F)F)cc1. The highest BCUT2D eigenvalue weighted by Crippen LogP contribution is 2.39. The predicted octanol–water partition coefficient (Wildman–Crippen LogP) is 3.89. The van der Waals surface area contributed by atoms with Crippen LogP contribution in [0.2, 0.25) is 0 Å². The highest BCUT2D eigenvalue weighted by molar-refractivity contribution is 7.92. The molecule has 0 spiro atoms. The number of hydrogen-bond acceptors (Lipinski definition) is 4. The summed E-state index contributed by atoms with van der Waals surface area (Å²) in [7, 11) is -4.82. The molecule has 22 heavy (non-hydrogen) atoms. The molecule has 0 saturated heterocycles. The summed E-state index contributed by atoms with van der Waals surface area (Å²) in [4.78, 5) is -1.05. The predicted molar refractivity (Wildman–Crippen MR) is 71.3 cm³/mol. The van der Waals surface area contributed by atoms with Crippen LogP contribution < -0.4 is 0 Å². The summed E-state index contributed by atoms with van der Waals surface area (Å²) < 4.78 is 76.7. The lowest BCUT2D eigenvalue weighted by molar-refractivity contribution is -0.137. The Balaban J connectivity index is 2.53. The van der Waals surface area contributed by atoms with Crippen molar-refractivity contribution in [3.63, 3.8) is 0 Å². The summed E-state index contributed by atoms with van der Waals surface area (Å²) >= 11 is 0.727. The normalized spacial score (nSPS) is 15.0. The fourth-order valence-corrected chi connectivity index (χ4v) is 4.10. The standard InChI is InChI=1S/C13H7F4NO2S2/c14-12(8-18,11-2-1-7-21-11)22(19,20)10-5-3-9(4-6-10)13(15,16)17/h1-7H. The van der Waals surface area contributed by atoms with E-state index < -0.39 is 31.5 Å². The van der Waals surface area contributed by atoms with E-state index in [1.54, 1.807) is 0 Å². The summed E-state index contributed by atoms with van der Waals surface area (Å²) in [6, 6.07) is 5.93. The Morgan fingerprint density at radius 2 is 1.64 bits per heavy atom. The second kappa shape index (κ2) is 5.37. The van der Waals surface area contributed by atoms with Crippen LogP contribution in [0.5, 0.6) is 0 Å². The third kappa shape index (κ3) is 2.60. The van der Waals surface area contributed by atoms with E-state index in [1.807, 2.05) is 0 Å². The molecule has 0 aliphatic carbocycles. The minimum Gasteiger partial charge on any atom is -0.219 e. The van der Waals surface area contributed by atoms with Gasteiger partial charge in [0.25, 0.3) is 0 Å². The third-order valence-corrected chi connectivity index (χ3v) is 5.88. The van der Waals surface area contributed by atoms with E-state index in [2.05, 4.69) is 0 Å². The summed E-state index contributed by atoms with van der Waals surface area (Å²) in [5.41, 5.74) is -1.07. The Morgan fingerprint density at radius 3 is 2.05 bits per heavy atom. The summed E-state index contributed by atoms with van der Waals surface area (Å²) in [6.07, 6.45) is -4.64. The minimum atomic E-state index is -4.82. The second-order valence-electron chi connectivity index (χ2n) is 4.21. The van der Waals surface area contributed by atoms with Gasteiger partial charge in [0.15, 0.2) is 0 Å². The maximum absolute atomic E-state index is 14.7. The lowest BCUT2D eigenvalue weighted by Crippen LogP contribution is -2.28. The van der Waals surface area contributed by atoms with E-state index in [4.69, 9.17) is 5.26 Å². The molecule has 1 aromatic carbocycles. The van der Waals surface area contributed by atoms with Crippen LogP contribution in [0.25, 0.3) is 0 Å². The van der Waals surface area contributed by atoms with Gasteiger partial charge in [-0.3, -0.25) is 0 Å². The zero-order chi connectivity index (χ0) is 16.6. The molecule has 0 fully saturated rings. The van der Waals surface area contributed by atoms with E-state index in [0.29, 0.717) is 24.3 Å². The van der Waals surface area contributed by atoms with Crippen molar-refractivity contribution in [3.8, 4) is 6.07 Å². The van der Waals surface area contributed by atoms with Gasteiger partial charge in [0, 0.05) is 0 Å². The number of benzene rings is 1. The van der Waals surface area contributed by atoms with Crippen LogP contribution in [0.3, 0.4) is 0 Å². The van der Waals surface area contributed by atoms with Gasteiger partial charge in [-0.05, 0) is 35.7 Å². The minimum absolute atomic E-state index is 0.352. The van der Waals surface area contributed by atoms with Gasteiger partial charge < -0.3 is 0 Å². The van der Waals surface area contributed by atoms with Gasteiger partial charge in [0.2, 0.25) is 9.84 Å². The summed E-state index contributed by atoms with van der Waals surface area (Å²) in [6.45, 7) is 0. The van der Waals surface area contributed by atoms with Crippen molar-refractivity contribution < 1.29 is 26.0 Å². The maximum Gasteiger partial charge on any atom is 0.416 e. The zero-order valence-electron chi connectivity index (χ0n) is 10.6. The van der Waals surface area contributed by atoms with Gasteiger partial charge >= 0.3 is 11.2 Å². The van der Waals surface area contributed by atoms with Crippen molar-refractivity contribution >= 4 is 21.2 Å². The smallest absolute Gasteiger partial charge is 0.219 e. The van der Waals surface area contributed by atoms with Crippen molar-refractivity contribution in [2.24, 2.45) is 0 Å². The third-order valence-electron chi connectivity index (χ3n) is 2.84. The van der Waals surface area contributed by atoms with E-state index in [1.165, 1.54) is 11.4 Å². The van der Waals surface area contributed by atoms with Gasteiger partial charge in [-0.2, -0.15) is 18.4 Å². The fraction of sp³-hybridized carbons (Fsp3) is 0.154. The highest BCUT2D eigenvalue weighted by Gasteiger charge is 2.49. The zero-order valence-corrected chi connectivity index (χ0v) is 12.3. The Hall–Kier alpha value is -1.92. The number of hydrogen-bond donors (Lipinski definition) is 0. The lowest BCUT2D eigenvalue weighted by atomic mass is 10.2. The molecule has 0 saturated carbocycles. The summed E-state index contributed by atoms with van der Waals surface area (Å²) in [5.74, 6) is 0. The number of alkyl halides is 4. The molecule has 1 atom stereocenters. The number of thiophene rings is 1. The van der Waals surface area contributed by atoms with E-state index in [9.17, 15) is 26.0 Å². The molecule has 3 nitrogen and oxygen atoms in total. The van der Waals surface area contributed by atoms with E-state index in [-0.39, 0.29) is 4.88 Å². The first kappa shape index (κ1) is 16.5. The van der Waals surface area contributed by atoms with Crippen molar-refractivity contribution in [2.75, 3.05) is 0 Å². The van der Waals surface area contributed by atoms with Crippen LogP contribution in [0.4, 0.5) is 17.6 Å². The molecule has 1 unspecified atom stereocenters. The van der Waals surface area contributed by atoms with Gasteiger partial charge in [0.1, 0.15) is 6.07 Å².